The molecule has 1 aromatic rings. The predicted octanol–water partition coefficient (Wildman–Crippen LogP) is -0.292. The van der Waals surface area contributed by atoms with Crippen molar-refractivity contribution in [2.75, 3.05) is 53.4 Å². The molecule has 0 radical (unpaired) electrons. The van der Waals surface area contributed by atoms with E-state index in [9.17, 15) is 44.1 Å². The Hall–Kier alpha value is -3.94. The van der Waals surface area contributed by atoms with E-state index in [1.54, 1.807) is 27.9 Å². The zero-order valence-corrected chi connectivity index (χ0v) is 29.7. The van der Waals surface area contributed by atoms with E-state index in [0.29, 0.717) is 10.0 Å². The fraction of sp³-hybridized carbons (Fsp3) is 0.739. The summed E-state index contributed by atoms with van der Waals surface area (Å²) in [5.41, 5.74) is 5.12. The molecule has 0 aliphatic carbocycles. The van der Waals surface area contributed by atoms with Gasteiger partial charge in [-0.15, -0.1) is 26.5 Å². The zero-order valence-electron chi connectivity index (χ0n) is 28.0. The fourth-order valence-electron chi connectivity index (χ4n) is 3.42. The van der Waals surface area contributed by atoms with Crippen molar-refractivity contribution in [3.63, 3.8) is 0 Å². The Balaban J connectivity index is 0.000000732. The van der Waals surface area contributed by atoms with Crippen molar-refractivity contribution in [3.8, 4) is 0 Å². The number of nitrogens with one attached hydrogen (secondary N) is 3. The Morgan fingerprint density at radius 2 is 1.72 bits per heavy atom. The lowest BCUT2D eigenvalue weighted by Gasteiger charge is -2.40. The van der Waals surface area contributed by atoms with Gasteiger partial charge in [0.15, 0.2) is 17.8 Å². The molecule has 6 atom stereocenters. The van der Waals surface area contributed by atoms with Gasteiger partial charge in [-0.05, 0) is 20.8 Å². The highest BCUT2D eigenvalue weighted by Gasteiger charge is 2.44. The number of nitroso groups, excluding NO2 is 2. The molecule has 1 aliphatic rings. The Morgan fingerprint density at radius 1 is 1.12 bits per heavy atom. The number of halogens is 1. The number of primary amides is 1. The minimum atomic E-state index is -3.47. The number of alkyl halides is 1. The van der Waals surface area contributed by atoms with E-state index >= 15 is 0 Å². The Morgan fingerprint density at radius 3 is 2.18 bits per heavy atom. The molecule has 0 saturated carbocycles. The average molecular weight is 763 g/mol. The molecule has 5 amide bonds. The number of rotatable bonds is 15. The highest BCUT2D eigenvalue weighted by Crippen LogP contribution is 2.51. The molecule has 2 rings (SSSR count). The molecule has 0 bridgehead atoms. The Bertz CT molecular complexity index is 1290. The van der Waals surface area contributed by atoms with E-state index in [1.807, 2.05) is 0 Å². The number of urea groups is 2. The second-order valence-electron chi connectivity index (χ2n) is 9.70. The van der Waals surface area contributed by atoms with Crippen LogP contribution in [0.25, 0.3) is 0 Å². The fourth-order valence-corrected chi connectivity index (χ4v) is 5.09. The molecule has 27 heteroatoms. The number of aromatic amines is 1. The second-order valence-corrected chi connectivity index (χ2v) is 12.5. The molecule has 286 valence electrons. The first kappa shape index (κ1) is 46.1. The van der Waals surface area contributed by atoms with Crippen LogP contribution in [0.3, 0.4) is 0 Å². The molecule has 0 aromatic carbocycles. The van der Waals surface area contributed by atoms with Gasteiger partial charge in [0, 0.05) is 27.0 Å². The molecule has 2 heterocycles. The van der Waals surface area contributed by atoms with E-state index < -0.39 is 68.6 Å². The highest BCUT2D eigenvalue weighted by molar-refractivity contribution is 7.54. The number of nitrogens with two attached hydrogens (primary N) is 1. The predicted molar refractivity (Wildman–Crippen MR) is 173 cm³/mol. The maximum atomic E-state index is 12.3. The van der Waals surface area contributed by atoms with Crippen molar-refractivity contribution in [2.45, 2.75) is 57.2 Å². The van der Waals surface area contributed by atoms with Gasteiger partial charge in [-0.2, -0.15) is 10.0 Å². The van der Waals surface area contributed by atoms with Gasteiger partial charge >= 0.3 is 19.7 Å². The summed E-state index contributed by atoms with van der Waals surface area (Å²) < 4.78 is 27.2. The SMILES string of the molecule is CCOP(=O)(OCC)C(C)NC(=O)N(CCCl)N=O.CN(C)/N=N/c1[nH]cnc1C(N)=O.CN(N=O)C(=O)N[C@@H]1[C@@H](O)[C@H](O)[C@@H](CO)O[C@@H]1O. The van der Waals surface area contributed by atoms with Crippen molar-refractivity contribution < 1.29 is 53.2 Å². The molecular weight excluding hydrogens is 719 g/mol. The van der Waals surface area contributed by atoms with Crippen LogP contribution in [0.15, 0.2) is 27.2 Å². The van der Waals surface area contributed by atoms with Crippen molar-refractivity contribution in [1.29, 1.82) is 0 Å². The molecule has 9 N–H and O–H groups in total. The standard InChI is InChI=1S/C9H19ClN3O5P.C8H15N3O7.C6H10N6O/c1-4-17-19(16,18-5-2)8(3)11-9(14)13(12-15)7-6-10;1-11(10-17)8(16)9-4-6(14)5(13)3(2-12)18-7(4)15;1-12(2)11-10-6-4(5(7)13)8-3-9-6/h8H,4-7H2,1-3H3,(H,11,14);3-7,12-15H,2H2,1H3,(H,9,16);3H,1-2H3,(H2,7,13)(H,8,9)/b;;11-10+/t;3-,4-,5-,6-,7+;/m.1./s1. The number of carbonyl (C=O) groups excluding carboxylic acids is 3. The van der Waals surface area contributed by atoms with Crippen LogP contribution in [0.1, 0.15) is 31.3 Å². The van der Waals surface area contributed by atoms with Crippen LogP contribution in [-0.4, -0.2) is 153 Å². The number of hydrogen-bond donors (Lipinski definition) is 8. The first-order chi connectivity index (χ1) is 23.5. The molecule has 1 unspecified atom stereocenters. The van der Waals surface area contributed by atoms with E-state index in [0.717, 1.165) is 7.05 Å². The summed E-state index contributed by atoms with van der Waals surface area (Å²) in [5, 5.41) is 56.7. The average Bonchev–Trinajstić information content (AvgIpc) is 3.55. The van der Waals surface area contributed by atoms with Gasteiger partial charge in [-0.25, -0.2) is 14.6 Å². The van der Waals surface area contributed by atoms with E-state index in [1.165, 1.54) is 18.3 Å². The summed E-state index contributed by atoms with van der Waals surface area (Å²) in [6, 6.07) is -3.13. The number of carbonyl (C=O) groups is 3. The van der Waals surface area contributed by atoms with Crippen molar-refractivity contribution in [2.24, 2.45) is 26.6 Å². The maximum Gasteiger partial charge on any atom is 0.352 e. The van der Waals surface area contributed by atoms with Crippen LogP contribution in [-0.2, 0) is 18.3 Å². The Kier molecular flexibility index (Phi) is 21.6. The molecule has 25 nitrogen and oxygen atoms in total. The largest absolute Gasteiger partial charge is 0.394 e. The summed E-state index contributed by atoms with van der Waals surface area (Å²) in [4.78, 5) is 60.6. The van der Waals surface area contributed by atoms with Gasteiger partial charge in [0.25, 0.3) is 5.91 Å². The number of ether oxygens (including phenoxy) is 1. The first-order valence-electron chi connectivity index (χ1n) is 14.4. The van der Waals surface area contributed by atoms with Crippen molar-refractivity contribution in [1.82, 2.24) is 35.6 Å². The monoisotopic (exact) mass is 762 g/mol. The van der Waals surface area contributed by atoms with Gasteiger partial charge in [0.2, 0.25) is 0 Å². The summed E-state index contributed by atoms with van der Waals surface area (Å²) >= 11 is 5.42. The number of H-pyrrole nitrogens is 1. The molecule has 0 spiro atoms. The van der Waals surface area contributed by atoms with Gasteiger partial charge in [-0.1, -0.05) is 5.22 Å². The summed E-state index contributed by atoms with van der Waals surface area (Å²) in [6.45, 7) is 4.49. The summed E-state index contributed by atoms with van der Waals surface area (Å²) in [6.07, 6.45) is -4.51. The normalized spacial score (nSPS) is 20.6. The number of nitrogens with zero attached hydrogens (tertiary/aromatic N) is 8. The smallest absolute Gasteiger partial charge is 0.352 e. The lowest BCUT2D eigenvalue weighted by atomic mass is 9.97. The molecular formula is C23H44ClN12O13P. The molecule has 1 saturated heterocycles. The zero-order chi connectivity index (χ0) is 38.6. The van der Waals surface area contributed by atoms with Crippen LogP contribution in [0, 0.1) is 9.81 Å². The topological polar surface area (TPSA) is 349 Å². The first-order valence-corrected chi connectivity index (χ1v) is 16.6. The lowest BCUT2D eigenvalue weighted by Crippen LogP contribution is -2.64. The van der Waals surface area contributed by atoms with E-state index in [4.69, 9.17) is 36.2 Å². The molecule has 1 aliphatic heterocycles. The summed E-state index contributed by atoms with van der Waals surface area (Å²) in [5.74, 6) is -1.21. The van der Waals surface area contributed by atoms with Gasteiger partial charge in [-0.3, -0.25) is 14.4 Å². The van der Waals surface area contributed by atoms with E-state index in [2.05, 4.69) is 41.5 Å². The number of aromatic nitrogens is 2. The number of hydrogen-bond acceptors (Lipinski definition) is 18. The third-order valence-corrected chi connectivity index (χ3v) is 8.32. The van der Waals surface area contributed by atoms with Gasteiger partial charge < -0.3 is 55.6 Å². The van der Waals surface area contributed by atoms with Gasteiger partial charge in [0.05, 0.1) is 43.3 Å². The van der Waals surface area contributed by atoms with E-state index in [-0.39, 0.29) is 37.2 Å². The van der Waals surface area contributed by atoms with Crippen LogP contribution in [0.5, 0.6) is 0 Å². The van der Waals surface area contributed by atoms with Crippen LogP contribution in [0.2, 0.25) is 0 Å². The maximum absolute atomic E-state index is 12.3. The van der Waals surface area contributed by atoms with Crippen molar-refractivity contribution >= 4 is 43.0 Å². The number of aliphatic hydroxyl groups is 4. The summed E-state index contributed by atoms with van der Waals surface area (Å²) in [7, 11) is 1.02. The third-order valence-electron chi connectivity index (χ3n) is 5.84. The second kappa shape index (κ2) is 23.5. The number of imidazole rings is 1. The van der Waals surface area contributed by atoms with Crippen molar-refractivity contribution in [3.05, 3.63) is 21.8 Å². The van der Waals surface area contributed by atoms with Gasteiger partial charge in [0.1, 0.15) is 30.1 Å². The quantitative estimate of drug-likeness (QED) is 0.0374. The Labute approximate surface area is 290 Å². The molecule has 1 aromatic heterocycles. The highest BCUT2D eigenvalue weighted by atomic mass is 35.5. The van der Waals surface area contributed by atoms with Crippen LogP contribution >= 0.6 is 19.2 Å². The minimum absolute atomic E-state index is 0.0445. The molecule has 50 heavy (non-hydrogen) atoms. The third kappa shape index (κ3) is 14.9. The van der Waals surface area contributed by atoms with Crippen LogP contribution < -0.4 is 16.4 Å². The minimum Gasteiger partial charge on any atom is -0.394 e. The lowest BCUT2D eigenvalue weighted by molar-refractivity contribution is -0.252. The van der Waals surface area contributed by atoms with Crippen LogP contribution in [0.4, 0.5) is 15.4 Å². The number of aliphatic hydroxyl groups excluding tert-OH is 4. The number of amides is 5. The molecule has 1 fully saturated rings.